The van der Waals surface area contributed by atoms with E-state index >= 15 is 0 Å². The minimum atomic E-state index is -0.192. The van der Waals surface area contributed by atoms with Crippen LogP contribution in [-0.4, -0.2) is 43.0 Å². The van der Waals surface area contributed by atoms with Crippen molar-refractivity contribution in [3.63, 3.8) is 0 Å². The number of tetrazole rings is 1. The Kier molecular flexibility index (Phi) is 5.48. The summed E-state index contributed by atoms with van der Waals surface area (Å²) in [5.74, 6) is 0.485. The number of benzene rings is 4. The smallest absolute Gasteiger partial charge is 0.251 e. The number of hydrogen-bond donors (Lipinski definition) is 1. The van der Waals surface area contributed by atoms with Crippen LogP contribution in [-0.2, 0) is 13.1 Å². The van der Waals surface area contributed by atoms with Crippen LogP contribution in [0.5, 0.6) is 5.75 Å². The number of amides is 1. The van der Waals surface area contributed by atoms with Gasteiger partial charge in [0.05, 0.1) is 25.0 Å². The molecule has 10 heteroatoms. The van der Waals surface area contributed by atoms with Crippen LogP contribution in [0.4, 0.5) is 0 Å². The molecule has 0 spiro atoms. The van der Waals surface area contributed by atoms with Crippen molar-refractivity contribution in [3.05, 3.63) is 95.1 Å². The number of carbonyl (C=O) groups is 1. The van der Waals surface area contributed by atoms with Crippen LogP contribution in [0.15, 0.2) is 71.4 Å². The first kappa shape index (κ1) is 23.8. The van der Waals surface area contributed by atoms with Crippen molar-refractivity contribution in [2.75, 3.05) is 7.11 Å². The quantitative estimate of drug-likeness (QED) is 0.290. The van der Waals surface area contributed by atoms with Gasteiger partial charge in [0.2, 0.25) is 0 Å². The van der Waals surface area contributed by atoms with Crippen molar-refractivity contribution < 1.29 is 13.9 Å². The topological polar surface area (TPSA) is 113 Å². The van der Waals surface area contributed by atoms with Gasteiger partial charge in [-0.15, -0.1) is 5.10 Å². The number of ether oxygens (including phenoxy) is 1. The van der Waals surface area contributed by atoms with E-state index in [9.17, 15) is 4.79 Å². The van der Waals surface area contributed by atoms with Gasteiger partial charge in [-0.2, -0.15) is 5.10 Å². The van der Waals surface area contributed by atoms with Crippen LogP contribution in [0.25, 0.3) is 38.4 Å². The highest BCUT2D eigenvalue weighted by Gasteiger charge is 2.20. The van der Waals surface area contributed by atoms with Gasteiger partial charge in [-0.25, -0.2) is 4.68 Å². The largest absolute Gasteiger partial charge is 0.497 e. The average Bonchev–Trinajstić information content (AvgIpc) is 3.76. The van der Waals surface area contributed by atoms with Crippen molar-refractivity contribution in [2.45, 2.75) is 26.9 Å². The standard InChI is InChI=1S/C30H25N7O3/c1-17-10-18(2)36(33-17)15-19-4-7-23-25(11-19)28-24-8-5-20(13-26(24)29(23)40-28)30(38)31-14-21-12-22(39-3)6-9-27(21)37-16-32-34-35-37/h4-13,16H,14-15H2,1-3H3,(H,31,38). The maximum atomic E-state index is 13.2. The molecule has 0 fully saturated rings. The molecule has 0 saturated heterocycles. The summed E-state index contributed by atoms with van der Waals surface area (Å²) in [6.45, 7) is 5.04. The molecule has 0 atom stereocenters. The minimum Gasteiger partial charge on any atom is -0.497 e. The zero-order valence-electron chi connectivity index (χ0n) is 22.2. The molecule has 7 aromatic rings. The van der Waals surface area contributed by atoms with Gasteiger partial charge in [-0.05, 0) is 78.4 Å². The lowest BCUT2D eigenvalue weighted by molar-refractivity contribution is 0.0951. The molecular formula is C30H25N7O3. The fourth-order valence-electron chi connectivity index (χ4n) is 5.37. The third-order valence-electron chi connectivity index (χ3n) is 7.31. The average molecular weight is 532 g/mol. The maximum absolute atomic E-state index is 13.2. The summed E-state index contributed by atoms with van der Waals surface area (Å²) in [6, 6.07) is 19.7. The second-order valence-electron chi connectivity index (χ2n) is 9.92. The van der Waals surface area contributed by atoms with E-state index in [1.807, 2.05) is 48.0 Å². The van der Waals surface area contributed by atoms with Crippen molar-refractivity contribution >= 4 is 38.6 Å². The molecule has 3 aromatic carbocycles. The van der Waals surface area contributed by atoms with E-state index in [0.717, 1.165) is 60.9 Å². The number of carbonyl (C=O) groups excluding carboxylic acids is 1. The van der Waals surface area contributed by atoms with Crippen molar-refractivity contribution in [1.29, 1.82) is 0 Å². The maximum Gasteiger partial charge on any atom is 0.251 e. The summed E-state index contributed by atoms with van der Waals surface area (Å²) in [5, 5.41) is 23.1. The van der Waals surface area contributed by atoms with Gasteiger partial charge in [0.15, 0.2) is 0 Å². The van der Waals surface area contributed by atoms with Gasteiger partial charge >= 0.3 is 0 Å². The van der Waals surface area contributed by atoms with E-state index in [4.69, 9.17) is 9.15 Å². The first-order valence-corrected chi connectivity index (χ1v) is 12.9. The molecule has 4 heterocycles. The third kappa shape index (κ3) is 3.92. The summed E-state index contributed by atoms with van der Waals surface area (Å²) in [7, 11) is 1.60. The molecule has 0 aliphatic carbocycles. The lowest BCUT2D eigenvalue weighted by Crippen LogP contribution is -2.23. The predicted molar refractivity (Wildman–Crippen MR) is 150 cm³/mol. The van der Waals surface area contributed by atoms with Crippen molar-refractivity contribution in [1.82, 2.24) is 35.3 Å². The van der Waals surface area contributed by atoms with E-state index in [-0.39, 0.29) is 12.5 Å². The van der Waals surface area contributed by atoms with E-state index in [0.29, 0.717) is 17.9 Å². The van der Waals surface area contributed by atoms with Crippen molar-refractivity contribution in [3.8, 4) is 11.4 Å². The highest BCUT2D eigenvalue weighted by molar-refractivity contribution is 6.25. The number of nitrogens with one attached hydrogen (secondary N) is 1. The first-order chi connectivity index (χ1) is 19.5. The Morgan fingerprint density at radius 2 is 1.75 bits per heavy atom. The molecule has 0 unspecified atom stereocenters. The number of furan rings is 2. The Hall–Kier alpha value is -5.25. The van der Waals surface area contributed by atoms with E-state index in [2.05, 4.69) is 57.1 Å². The second kappa shape index (κ2) is 9.19. The van der Waals surface area contributed by atoms with Crippen LogP contribution < -0.4 is 10.1 Å². The Labute approximate surface area is 228 Å². The molecule has 1 N–H and O–H groups in total. The molecule has 0 radical (unpaired) electrons. The van der Waals surface area contributed by atoms with Crippen LogP contribution in [0.3, 0.4) is 0 Å². The highest BCUT2D eigenvalue weighted by Crippen LogP contribution is 2.41. The third-order valence-corrected chi connectivity index (χ3v) is 7.31. The number of aromatic nitrogens is 6. The fourth-order valence-corrected chi connectivity index (χ4v) is 5.37. The van der Waals surface area contributed by atoms with E-state index in [1.54, 1.807) is 11.8 Å². The highest BCUT2D eigenvalue weighted by atomic mass is 16.5. The molecule has 198 valence electrons. The summed E-state index contributed by atoms with van der Waals surface area (Å²) in [6.07, 6.45) is 1.51. The Balaban J connectivity index is 1.16. The first-order valence-electron chi connectivity index (χ1n) is 12.9. The van der Waals surface area contributed by atoms with E-state index < -0.39 is 0 Å². The SMILES string of the molecule is COc1ccc(-n2cnnn2)c(CNC(=O)c2ccc3c(c2)c2oc3c3cc(Cn4nc(C)cc4C)ccc32)c1. The molecule has 4 aromatic heterocycles. The molecular weight excluding hydrogens is 506 g/mol. The molecule has 2 bridgehead atoms. The number of fused-ring (bicyclic) bond motifs is 8. The summed E-state index contributed by atoms with van der Waals surface area (Å²) in [5.41, 5.74) is 7.06. The van der Waals surface area contributed by atoms with Crippen molar-refractivity contribution in [2.24, 2.45) is 0 Å². The number of hydrogen-bond acceptors (Lipinski definition) is 7. The van der Waals surface area contributed by atoms with Crippen LogP contribution in [0, 0.1) is 13.8 Å². The monoisotopic (exact) mass is 531 g/mol. The van der Waals surface area contributed by atoms with Gasteiger partial charge in [0.25, 0.3) is 5.91 Å². The van der Waals surface area contributed by atoms with Crippen LogP contribution >= 0.6 is 0 Å². The Morgan fingerprint density at radius 3 is 2.48 bits per heavy atom. The van der Waals surface area contributed by atoms with Gasteiger partial charge in [0, 0.05) is 44.9 Å². The van der Waals surface area contributed by atoms with Gasteiger partial charge in [-0.1, -0.05) is 12.1 Å². The van der Waals surface area contributed by atoms with Gasteiger partial charge < -0.3 is 14.5 Å². The lowest BCUT2D eigenvalue weighted by Gasteiger charge is -2.12. The number of aryl methyl sites for hydroxylation is 2. The zero-order valence-corrected chi connectivity index (χ0v) is 22.2. The summed E-state index contributed by atoms with van der Waals surface area (Å²) in [4.78, 5) is 13.2. The molecule has 0 aliphatic rings. The molecule has 0 saturated carbocycles. The second-order valence-corrected chi connectivity index (χ2v) is 9.92. The summed E-state index contributed by atoms with van der Waals surface area (Å²) >= 11 is 0. The Morgan fingerprint density at radius 1 is 0.950 bits per heavy atom. The number of rotatable bonds is 7. The molecule has 0 aliphatic heterocycles. The number of methoxy groups -OCH3 is 1. The Bertz CT molecular complexity index is 2020. The molecule has 7 rings (SSSR count). The number of nitrogens with zero attached hydrogens (tertiary/aromatic N) is 6. The zero-order chi connectivity index (χ0) is 27.4. The minimum absolute atomic E-state index is 0.192. The lowest BCUT2D eigenvalue weighted by atomic mass is 10.00. The normalized spacial score (nSPS) is 11.7. The predicted octanol–water partition coefficient (Wildman–Crippen LogP) is 4.95. The van der Waals surface area contributed by atoms with Gasteiger partial charge in [0.1, 0.15) is 23.2 Å². The summed E-state index contributed by atoms with van der Waals surface area (Å²) < 4.78 is 15.2. The molecule has 10 nitrogen and oxygen atoms in total. The van der Waals surface area contributed by atoms with Crippen LogP contribution in [0.2, 0.25) is 0 Å². The van der Waals surface area contributed by atoms with Crippen LogP contribution in [0.1, 0.15) is 32.9 Å². The molecule has 1 amide bonds. The van der Waals surface area contributed by atoms with Gasteiger partial charge in [-0.3, -0.25) is 9.48 Å². The fraction of sp³-hybridized carbons (Fsp3) is 0.167. The van der Waals surface area contributed by atoms with E-state index in [1.165, 1.54) is 6.33 Å². The molecule has 40 heavy (non-hydrogen) atoms.